The first-order chi connectivity index (χ1) is 4.89. The van der Waals surface area contributed by atoms with Gasteiger partial charge in [-0.2, -0.15) is 13.2 Å². The van der Waals surface area contributed by atoms with E-state index in [1.54, 1.807) is 0 Å². The van der Waals surface area contributed by atoms with E-state index in [0.717, 1.165) is 0 Å². The Morgan fingerprint density at radius 2 is 1.91 bits per heavy atom. The number of hydrogen-bond acceptors (Lipinski definition) is 2. The summed E-state index contributed by atoms with van der Waals surface area (Å²) in [6.45, 7) is 1.49. The summed E-state index contributed by atoms with van der Waals surface area (Å²) in [5, 5.41) is 8.60. The van der Waals surface area contributed by atoms with Crippen molar-refractivity contribution < 1.29 is 18.3 Å². The minimum Gasteiger partial charge on any atom is -0.383 e. The van der Waals surface area contributed by atoms with E-state index in [-0.39, 0.29) is 13.0 Å². The van der Waals surface area contributed by atoms with E-state index in [2.05, 4.69) is 0 Å². The summed E-state index contributed by atoms with van der Waals surface area (Å²) in [5.74, 6) is -0.819. The van der Waals surface area contributed by atoms with Crippen molar-refractivity contribution >= 4 is 0 Å². The zero-order valence-corrected chi connectivity index (χ0v) is 6.23. The number of halogens is 3. The Balaban J connectivity index is 3.91. The van der Waals surface area contributed by atoms with Gasteiger partial charge in [0.15, 0.2) is 6.10 Å². The highest BCUT2D eigenvalue weighted by Crippen LogP contribution is 2.26. The summed E-state index contributed by atoms with van der Waals surface area (Å²) < 4.78 is 35.2. The van der Waals surface area contributed by atoms with Gasteiger partial charge in [-0.25, -0.2) is 0 Å². The van der Waals surface area contributed by atoms with Gasteiger partial charge in [-0.3, -0.25) is 0 Å². The summed E-state index contributed by atoms with van der Waals surface area (Å²) in [4.78, 5) is 0. The first kappa shape index (κ1) is 10.7. The maximum Gasteiger partial charge on any atom is 0.414 e. The summed E-state index contributed by atoms with van der Waals surface area (Å²) in [6.07, 6.45) is -6.58. The zero-order valence-electron chi connectivity index (χ0n) is 6.23. The number of hydrogen-bond donors (Lipinski definition) is 2. The van der Waals surface area contributed by atoms with Gasteiger partial charge in [0, 0.05) is 0 Å². The normalized spacial score (nSPS) is 18.0. The van der Waals surface area contributed by atoms with Crippen molar-refractivity contribution in [1.29, 1.82) is 0 Å². The molecule has 2 nitrogen and oxygen atoms in total. The molecule has 0 radical (unpaired) electrons. The molecule has 3 N–H and O–H groups in total. The van der Waals surface area contributed by atoms with E-state index in [0.29, 0.717) is 0 Å². The molecule has 0 heterocycles. The molecule has 0 aromatic carbocycles. The standard InChI is InChI=1S/C6H12F3NO/c1-4(2-3-10)5(11)6(7,8)9/h4-5,11H,2-3,10H2,1H3. The van der Waals surface area contributed by atoms with Crippen LogP contribution in [0.1, 0.15) is 13.3 Å². The monoisotopic (exact) mass is 171 g/mol. The quantitative estimate of drug-likeness (QED) is 0.662. The Kier molecular flexibility index (Phi) is 3.82. The van der Waals surface area contributed by atoms with E-state index in [4.69, 9.17) is 10.8 Å². The molecule has 0 aromatic heterocycles. The molecular weight excluding hydrogens is 159 g/mol. The predicted molar refractivity (Wildman–Crippen MR) is 34.9 cm³/mol. The molecule has 0 saturated heterocycles. The van der Waals surface area contributed by atoms with Crippen LogP contribution in [0.5, 0.6) is 0 Å². The lowest BCUT2D eigenvalue weighted by atomic mass is 10.0. The van der Waals surface area contributed by atoms with Gasteiger partial charge in [-0.05, 0) is 18.9 Å². The van der Waals surface area contributed by atoms with Crippen LogP contribution < -0.4 is 5.73 Å². The third kappa shape index (κ3) is 3.57. The van der Waals surface area contributed by atoms with Gasteiger partial charge in [0.2, 0.25) is 0 Å². The van der Waals surface area contributed by atoms with Crippen LogP contribution in [0.15, 0.2) is 0 Å². The lowest BCUT2D eigenvalue weighted by molar-refractivity contribution is -0.217. The average Bonchev–Trinajstić information content (AvgIpc) is 1.85. The van der Waals surface area contributed by atoms with Crippen molar-refractivity contribution in [3.63, 3.8) is 0 Å². The molecule has 11 heavy (non-hydrogen) atoms. The fourth-order valence-corrected chi connectivity index (χ4v) is 0.743. The molecule has 2 unspecified atom stereocenters. The van der Waals surface area contributed by atoms with Crippen molar-refractivity contribution in [2.24, 2.45) is 11.7 Å². The lowest BCUT2D eigenvalue weighted by Crippen LogP contribution is -2.35. The largest absolute Gasteiger partial charge is 0.414 e. The third-order valence-electron chi connectivity index (χ3n) is 1.50. The van der Waals surface area contributed by atoms with Crippen LogP contribution in [0.25, 0.3) is 0 Å². The van der Waals surface area contributed by atoms with Gasteiger partial charge in [-0.1, -0.05) is 6.92 Å². The fourth-order valence-electron chi connectivity index (χ4n) is 0.743. The SMILES string of the molecule is CC(CCN)C(O)C(F)(F)F. The minimum atomic E-state index is -4.52. The molecule has 0 spiro atoms. The maximum atomic E-state index is 11.7. The number of aliphatic hydroxyl groups is 1. The second-order valence-electron chi connectivity index (χ2n) is 2.54. The van der Waals surface area contributed by atoms with Gasteiger partial charge in [0.05, 0.1) is 0 Å². The molecule has 2 atom stereocenters. The Morgan fingerprint density at radius 1 is 1.45 bits per heavy atom. The number of alkyl halides is 3. The topological polar surface area (TPSA) is 46.2 Å². The summed E-state index contributed by atoms with van der Waals surface area (Å²) in [6, 6.07) is 0. The third-order valence-corrected chi connectivity index (χ3v) is 1.50. The van der Waals surface area contributed by atoms with Crippen LogP contribution in [-0.2, 0) is 0 Å². The highest BCUT2D eigenvalue weighted by atomic mass is 19.4. The van der Waals surface area contributed by atoms with Gasteiger partial charge < -0.3 is 10.8 Å². The second kappa shape index (κ2) is 3.92. The smallest absolute Gasteiger partial charge is 0.383 e. The molecule has 0 aliphatic heterocycles. The highest BCUT2D eigenvalue weighted by Gasteiger charge is 2.41. The molecule has 0 aromatic rings. The van der Waals surface area contributed by atoms with Gasteiger partial charge in [-0.15, -0.1) is 0 Å². The van der Waals surface area contributed by atoms with E-state index >= 15 is 0 Å². The van der Waals surface area contributed by atoms with Crippen LogP contribution in [-0.4, -0.2) is 23.9 Å². The molecule has 0 aliphatic rings. The lowest BCUT2D eigenvalue weighted by Gasteiger charge is -2.20. The van der Waals surface area contributed by atoms with E-state index in [1.165, 1.54) is 6.92 Å². The van der Waals surface area contributed by atoms with Crippen LogP contribution in [0.4, 0.5) is 13.2 Å². The van der Waals surface area contributed by atoms with Crippen molar-refractivity contribution in [2.75, 3.05) is 6.54 Å². The molecule has 0 fully saturated rings. The Labute approximate surface area is 63.2 Å². The second-order valence-corrected chi connectivity index (χ2v) is 2.54. The van der Waals surface area contributed by atoms with E-state index < -0.39 is 18.2 Å². The number of nitrogens with two attached hydrogens (primary N) is 1. The van der Waals surface area contributed by atoms with Gasteiger partial charge in [0.1, 0.15) is 0 Å². The Bertz CT molecular complexity index is 115. The fraction of sp³-hybridized carbons (Fsp3) is 1.00. The number of aliphatic hydroxyl groups excluding tert-OH is 1. The Morgan fingerprint density at radius 3 is 2.18 bits per heavy atom. The average molecular weight is 171 g/mol. The summed E-state index contributed by atoms with van der Waals surface area (Å²) in [7, 11) is 0. The predicted octanol–water partition coefficient (Wildman–Crippen LogP) is 0.894. The zero-order chi connectivity index (χ0) is 9.07. The van der Waals surface area contributed by atoms with Crippen LogP contribution in [0, 0.1) is 5.92 Å². The molecule has 0 saturated carbocycles. The van der Waals surface area contributed by atoms with E-state index in [9.17, 15) is 13.2 Å². The molecular formula is C6H12F3NO. The number of rotatable bonds is 3. The minimum absolute atomic E-state index is 0.161. The van der Waals surface area contributed by atoms with E-state index in [1.807, 2.05) is 0 Å². The first-order valence-electron chi connectivity index (χ1n) is 3.34. The van der Waals surface area contributed by atoms with Crippen molar-refractivity contribution in [3.8, 4) is 0 Å². The highest BCUT2D eigenvalue weighted by molar-refractivity contribution is 4.71. The molecule has 0 aliphatic carbocycles. The molecule has 5 heteroatoms. The Hall–Kier alpha value is -0.290. The molecule has 0 rings (SSSR count). The van der Waals surface area contributed by atoms with Crippen molar-refractivity contribution in [1.82, 2.24) is 0 Å². The van der Waals surface area contributed by atoms with Crippen molar-refractivity contribution in [3.05, 3.63) is 0 Å². The van der Waals surface area contributed by atoms with Crippen LogP contribution >= 0.6 is 0 Å². The molecule has 0 bridgehead atoms. The van der Waals surface area contributed by atoms with Gasteiger partial charge in [0.25, 0.3) is 0 Å². The van der Waals surface area contributed by atoms with Crippen molar-refractivity contribution in [2.45, 2.75) is 25.6 Å². The molecule has 68 valence electrons. The maximum absolute atomic E-state index is 11.7. The first-order valence-corrected chi connectivity index (χ1v) is 3.34. The van der Waals surface area contributed by atoms with Crippen LogP contribution in [0.2, 0.25) is 0 Å². The van der Waals surface area contributed by atoms with Gasteiger partial charge >= 0.3 is 6.18 Å². The molecule has 0 amide bonds. The van der Waals surface area contributed by atoms with Crippen LogP contribution in [0.3, 0.4) is 0 Å². The summed E-state index contributed by atoms with van der Waals surface area (Å²) in [5.41, 5.74) is 5.03. The summed E-state index contributed by atoms with van der Waals surface area (Å²) >= 11 is 0.